The molecule has 0 spiro atoms. The molecule has 2 aromatic heterocycles. The molecule has 26 heavy (non-hydrogen) atoms. The second-order valence-electron chi connectivity index (χ2n) is 6.14. The molecule has 0 aliphatic rings. The number of carbonyl (C=O) groups is 1. The maximum atomic E-state index is 13.4. The summed E-state index contributed by atoms with van der Waals surface area (Å²) in [5.41, 5.74) is 3.79. The van der Waals surface area contributed by atoms with Gasteiger partial charge in [-0.25, -0.2) is 19.0 Å². The van der Waals surface area contributed by atoms with Gasteiger partial charge in [-0.3, -0.25) is 4.79 Å². The van der Waals surface area contributed by atoms with Gasteiger partial charge < -0.3 is 0 Å². The maximum absolute atomic E-state index is 13.4. The van der Waals surface area contributed by atoms with E-state index < -0.39 is 0 Å². The van der Waals surface area contributed by atoms with E-state index in [4.69, 9.17) is 4.98 Å². The summed E-state index contributed by atoms with van der Waals surface area (Å²) < 4.78 is 14.9. The van der Waals surface area contributed by atoms with Crippen LogP contribution in [0.4, 0.5) is 4.39 Å². The van der Waals surface area contributed by atoms with Crippen molar-refractivity contribution in [2.75, 3.05) is 0 Å². The van der Waals surface area contributed by atoms with Gasteiger partial charge in [0.2, 0.25) is 0 Å². The van der Waals surface area contributed by atoms with Crippen molar-refractivity contribution in [1.82, 2.24) is 19.7 Å². The third kappa shape index (κ3) is 2.75. The number of hydrogen-bond donors (Lipinski definition) is 0. The van der Waals surface area contributed by atoms with Crippen molar-refractivity contribution in [3.8, 4) is 16.9 Å². The molecular formula is C20H15FN4O. The molecule has 0 saturated carbocycles. The van der Waals surface area contributed by atoms with E-state index in [0.717, 1.165) is 22.1 Å². The van der Waals surface area contributed by atoms with Gasteiger partial charge in [0, 0.05) is 16.5 Å². The fourth-order valence-electron chi connectivity index (χ4n) is 3.03. The lowest BCUT2D eigenvalue weighted by molar-refractivity contribution is 0.101. The number of aryl methyl sites for hydroxylation is 1. The van der Waals surface area contributed by atoms with Crippen LogP contribution >= 0.6 is 0 Å². The minimum Gasteiger partial charge on any atom is -0.294 e. The Kier molecular flexibility index (Phi) is 3.80. The minimum absolute atomic E-state index is 0.0286. The molecule has 5 nitrogen and oxygen atoms in total. The van der Waals surface area contributed by atoms with E-state index in [-0.39, 0.29) is 11.6 Å². The molecule has 4 aromatic rings. The molecule has 0 N–H and O–H groups in total. The molecule has 4 rings (SSSR count). The van der Waals surface area contributed by atoms with Gasteiger partial charge in [-0.15, -0.1) is 0 Å². The monoisotopic (exact) mass is 346 g/mol. The number of rotatable bonds is 3. The van der Waals surface area contributed by atoms with Crippen LogP contribution in [0.5, 0.6) is 0 Å². The summed E-state index contributed by atoms with van der Waals surface area (Å²) in [4.78, 5) is 20.8. The SMILES string of the molecule is CC(=O)c1cc(C)cc2nc(-n3cncn3)c(-c3ccc(F)cc3)cc12. The Labute approximate surface area is 149 Å². The van der Waals surface area contributed by atoms with Crippen LogP contribution in [0, 0.1) is 12.7 Å². The standard InChI is InChI=1S/C20H15FN4O/c1-12-7-16(13(2)26)18-9-17(14-3-5-15(21)6-4-14)20(24-19(18)8-12)25-11-22-10-23-25/h3-11H,1-2H3. The average Bonchev–Trinajstić information content (AvgIpc) is 3.15. The Morgan fingerprint density at radius 1 is 1.12 bits per heavy atom. The van der Waals surface area contributed by atoms with E-state index in [9.17, 15) is 9.18 Å². The minimum atomic E-state index is -0.315. The molecule has 0 aliphatic carbocycles. The zero-order chi connectivity index (χ0) is 18.3. The largest absolute Gasteiger partial charge is 0.294 e. The molecule has 6 heteroatoms. The smallest absolute Gasteiger partial charge is 0.163 e. The lowest BCUT2D eigenvalue weighted by Crippen LogP contribution is -2.04. The van der Waals surface area contributed by atoms with Crippen molar-refractivity contribution in [2.45, 2.75) is 13.8 Å². The lowest BCUT2D eigenvalue weighted by Gasteiger charge is -2.13. The van der Waals surface area contributed by atoms with Crippen LogP contribution in [0.2, 0.25) is 0 Å². The second kappa shape index (κ2) is 6.15. The highest BCUT2D eigenvalue weighted by Gasteiger charge is 2.16. The van der Waals surface area contributed by atoms with E-state index in [1.165, 1.54) is 25.4 Å². The predicted octanol–water partition coefficient (Wildman–Crippen LogP) is 4.13. The summed E-state index contributed by atoms with van der Waals surface area (Å²) in [7, 11) is 0. The topological polar surface area (TPSA) is 60.7 Å². The van der Waals surface area contributed by atoms with Gasteiger partial charge in [-0.05, 0) is 55.3 Å². The average molecular weight is 346 g/mol. The molecule has 0 radical (unpaired) electrons. The van der Waals surface area contributed by atoms with E-state index in [0.29, 0.717) is 16.9 Å². The van der Waals surface area contributed by atoms with Gasteiger partial charge in [0.15, 0.2) is 11.6 Å². The molecule has 0 aliphatic heterocycles. The van der Waals surface area contributed by atoms with Crippen molar-refractivity contribution < 1.29 is 9.18 Å². The van der Waals surface area contributed by atoms with Crippen LogP contribution < -0.4 is 0 Å². The third-order valence-corrected chi connectivity index (χ3v) is 4.23. The van der Waals surface area contributed by atoms with E-state index >= 15 is 0 Å². The van der Waals surface area contributed by atoms with Crippen molar-refractivity contribution in [1.29, 1.82) is 0 Å². The number of fused-ring (bicyclic) bond motifs is 1. The van der Waals surface area contributed by atoms with Gasteiger partial charge in [-0.2, -0.15) is 5.10 Å². The van der Waals surface area contributed by atoms with Crippen LogP contribution in [-0.4, -0.2) is 25.5 Å². The zero-order valence-electron chi connectivity index (χ0n) is 14.3. The summed E-state index contributed by atoms with van der Waals surface area (Å²) in [6.45, 7) is 3.47. The van der Waals surface area contributed by atoms with Crippen molar-refractivity contribution >= 4 is 16.7 Å². The van der Waals surface area contributed by atoms with Gasteiger partial charge in [0.1, 0.15) is 18.5 Å². The highest BCUT2D eigenvalue weighted by molar-refractivity contribution is 6.07. The van der Waals surface area contributed by atoms with E-state index in [2.05, 4.69) is 10.1 Å². The number of carbonyl (C=O) groups excluding carboxylic acids is 1. The number of aromatic nitrogens is 4. The number of Topliss-reactive ketones (excluding diaryl/α,β-unsaturated/α-hetero) is 1. The van der Waals surface area contributed by atoms with Crippen molar-refractivity contribution in [2.24, 2.45) is 0 Å². The Morgan fingerprint density at radius 3 is 2.54 bits per heavy atom. The first-order chi connectivity index (χ1) is 12.5. The Balaban J connectivity index is 2.08. The summed E-state index contributed by atoms with van der Waals surface area (Å²) in [6, 6.07) is 11.8. The fraction of sp³-hybridized carbons (Fsp3) is 0.100. The van der Waals surface area contributed by atoms with Crippen LogP contribution in [0.15, 0.2) is 55.1 Å². The number of benzene rings is 2. The number of ketones is 1. The van der Waals surface area contributed by atoms with Gasteiger partial charge >= 0.3 is 0 Å². The Bertz CT molecular complexity index is 1120. The molecule has 128 valence electrons. The molecule has 0 amide bonds. The first kappa shape index (κ1) is 16.1. The maximum Gasteiger partial charge on any atom is 0.163 e. The Morgan fingerprint density at radius 2 is 1.88 bits per heavy atom. The molecule has 2 heterocycles. The van der Waals surface area contributed by atoms with E-state index in [1.54, 1.807) is 23.1 Å². The third-order valence-electron chi connectivity index (χ3n) is 4.23. The molecule has 0 atom stereocenters. The number of pyridine rings is 1. The molecular weight excluding hydrogens is 331 g/mol. The second-order valence-corrected chi connectivity index (χ2v) is 6.14. The quantitative estimate of drug-likeness (QED) is 0.523. The van der Waals surface area contributed by atoms with E-state index in [1.807, 2.05) is 25.1 Å². The van der Waals surface area contributed by atoms with Gasteiger partial charge in [-0.1, -0.05) is 12.1 Å². The first-order valence-electron chi connectivity index (χ1n) is 8.10. The van der Waals surface area contributed by atoms with Crippen LogP contribution in [-0.2, 0) is 0 Å². The van der Waals surface area contributed by atoms with Gasteiger partial charge in [0.25, 0.3) is 0 Å². The fourth-order valence-corrected chi connectivity index (χ4v) is 3.03. The van der Waals surface area contributed by atoms with Crippen LogP contribution in [0.25, 0.3) is 27.8 Å². The normalized spacial score (nSPS) is 11.0. The van der Waals surface area contributed by atoms with Crippen LogP contribution in [0.1, 0.15) is 22.8 Å². The Hall–Kier alpha value is -3.41. The number of nitrogens with zero attached hydrogens (tertiary/aromatic N) is 4. The molecule has 0 unspecified atom stereocenters. The van der Waals surface area contributed by atoms with Crippen molar-refractivity contribution in [3.05, 3.63) is 72.1 Å². The molecule has 0 fully saturated rings. The van der Waals surface area contributed by atoms with Gasteiger partial charge in [0.05, 0.1) is 5.52 Å². The van der Waals surface area contributed by atoms with Crippen molar-refractivity contribution in [3.63, 3.8) is 0 Å². The molecule has 0 bridgehead atoms. The first-order valence-corrected chi connectivity index (χ1v) is 8.10. The summed E-state index contributed by atoms with van der Waals surface area (Å²) in [5, 5.41) is 4.93. The zero-order valence-corrected chi connectivity index (χ0v) is 14.3. The number of halogens is 1. The lowest BCUT2D eigenvalue weighted by atomic mass is 9.98. The highest BCUT2D eigenvalue weighted by atomic mass is 19.1. The van der Waals surface area contributed by atoms with Crippen LogP contribution in [0.3, 0.4) is 0 Å². The summed E-state index contributed by atoms with van der Waals surface area (Å²) >= 11 is 0. The number of hydrogen-bond acceptors (Lipinski definition) is 4. The highest BCUT2D eigenvalue weighted by Crippen LogP contribution is 2.31. The molecule has 2 aromatic carbocycles. The summed E-state index contributed by atoms with van der Waals surface area (Å²) in [5.74, 6) is 0.227. The summed E-state index contributed by atoms with van der Waals surface area (Å²) in [6.07, 6.45) is 2.99. The predicted molar refractivity (Wildman–Crippen MR) is 96.8 cm³/mol. The molecule has 0 saturated heterocycles.